The molecule has 2 atom stereocenters. The van der Waals surface area contributed by atoms with Gasteiger partial charge in [-0.25, -0.2) is 0 Å². The molecule has 0 aliphatic carbocycles. The summed E-state index contributed by atoms with van der Waals surface area (Å²) in [4.78, 5) is 14.3. The Morgan fingerprint density at radius 2 is 2.00 bits per heavy atom. The lowest BCUT2D eigenvalue weighted by Crippen LogP contribution is -2.29. The van der Waals surface area contributed by atoms with Gasteiger partial charge in [0.05, 0.1) is 17.1 Å². The van der Waals surface area contributed by atoms with Crippen LogP contribution in [0, 0.1) is 0 Å². The fourth-order valence-electron chi connectivity index (χ4n) is 1.96. The third kappa shape index (κ3) is 1.87. The number of thiophene rings is 2. The maximum absolute atomic E-state index is 12.1. The summed E-state index contributed by atoms with van der Waals surface area (Å²) in [6, 6.07) is 3.87. The lowest BCUT2D eigenvalue weighted by molar-refractivity contribution is 0.0572. The molecule has 0 unspecified atom stereocenters. The van der Waals surface area contributed by atoms with Crippen LogP contribution >= 0.6 is 22.7 Å². The van der Waals surface area contributed by atoms with Crippen LogP contribution < -0.4 is 0 Å². The molecule has 1 saturated heterocycles. The van der Waals surface area contributed by atoms with Crippen LogP contribution in [0.3, 0.4) is 0 Å². The van der Waals surface area contributed by atoms with Gasteiger partial charge in [0, 0.05) is 22.5 Å². The molecule has 0 aromatic carbocycles. The average Bonchev–Trinajstić information content (AvgIpc) is 2.92. The van der Waals surface area contributed by atoms with E-state index in [1.54, 1.807) is 11.3 Å². The van der Waals surface area contributed by atoms with Crippen LogP contribution in [-0.4, -0.2) is 46.3 Å². The minimum absolute atomic E-state index is 0.103. The van der Waals surface area contributed by atoms with Gasteiger partial charge >= 0.3 is 0 Å². The summed E-state index contributed by atoms with van der Waals surface area (Å²) < 4.78 is 2.22. The quantitative estimate of drug-likeness (QED) is 0.816. The average molecular weight is 269 g/mol. The zero-order valence-electron chi connectivity index (χ0n) is 8.87. The molecule has 0 radical (unpaired) electrons. The first-order valence-corrected chi connectivity index (χ1v) is 6.97. The van der Waals surface area contributed by atoms with Gasteiger partial charge < -0.3 is 15.1 Å². The summed E-state index contributed by atoms with van der Waals surface area (Å²) in [5.41, 5.74) is 0. The normalized spacial score (nSPS) is 24.7. The zero-order chi connectivity index (χ0) is 12.0. The number of carbonyl (C=O) groups excluding carboxylic acids is 1. The lowest BCUT2D eigenvalue weighted by Gasteiger charge is -2.13. The van der Waals surface area contributed by atoms with Crippen LogP contribution in [0.25, 0.3) is 9.40 Å². The molecule has 17 heavy (non-hydrogen) atoms. The first kappa shape index (κ1) is 11.2. The van der Waals surface area contributed by atoms with Crippen molar-refractivity contribution in [1.82, 2.24) is 4.90 Å². The highest BCUT2D eigenvalue weighted by molar-refractivity contribution is 7.27. The molecule has 2 aromatic heterocycles. The summed E-state index contributed by atoms with van der Waals surface area (Å²) >= 11 is 3.07. The van der Waals surface area contributed by atoms with Crippen LogP contribution in [0.15, 0.2) is 17.5 Å². The summed E-state index contributed by atoms with van der Waals surface area (Å²) in [5, 5.41) is 20.8. The molecule has 0 saturated carbocycles. The van der Waals surface area contributed by atoms with Crippen LogP contribution in [0.5, 0.6) is 0 Å². The van der Waals surface area contributed by atoms with Gasteiger partial charge in [0.1, 0.15) is 0 Å². The van der Waals surface area contributed by atoms with Crippen LogP contribution in [0.2, 0.25) is 0 Å². The van der Waals surface area contributed by atoms with Crippen molar-refractivity contribution in [2.75, 3.05) is 13.1 Å². The fraction of sp³-hybridized carbons (Fsp3) is 0.364. The number of β-amino-alcohol motifs (C(OH)–C–C–N with tert-alkyl or cyclic N) is 2. The van der Waals surface area contributed by atoms with Crippen molar-refractivity contribution in [3.05, 3.63) is 22.4 Å². The third-order valence-electron chi connectivity index (χ3n) is 2.90. The number of rotatable bonds is 1. The number of amides is 1. The van der Waals surface area contributed by atoms with Crippen molar-refractivity contribution in [1.29, 1.82) is 0 Å². The molecule has 2 N–H and O–H groups in total. The Hall–Kier alpha value is -0.950. The Morgan fingerprint density at radius 1 is 1.29 bits per heavy atom. The zero-order valence-corrected chi connectivity index (χ0v) is 10.5. The van der Waals surface area contributed by atoms with Crippen molar-refractivity contribution in [3.63, 3.8) is 0 Å². The second-order valence-electron chi connectivity index (χ2n) is 4.10. The van der Waals surface area contributed by atoms with E-state index in [1.165, 1.54) is 16.2 Å². The molecule has 1 aliphatic heterocycles. The molecule has 1 amide bonds. The smallest absolute Gasteiger partial charge is 0.264 e. The molecule has 1 aliphatic rings. The second-order valence-corrected chi connectivity index (χ2v) is 6.14. The summed E-state index contributed by atoms with van der Waals surface area (Å²) in [7, 11) is 0. The molecule has 2 aromatic rings. The Bertz CT molecular complexity index is 523. The molecule has 1 fully saturated rings. The number of hydrogen-bond donors (Lipinski definition) is 2. The Labute approximate surface area is 106 Å². The summed E-state index contributed by atoms with van der Waals surface area (Å²) in [6.45, 7) is 0.428. The summed E-state index contributed by atoms with van der Waals surface area (Å²) in [5.74, 6) is -0.103. The SMILES string of the molecule is O=C(c1cc2sccc2s1)N1C[C@@H](O)[C@@H](O)C1. The van der Waals surface area contributed by atoms with Gasteiger partial charge in [-0.05, 0) is 17.5 Å². The Morgan fingerprint density at radius 3 is 2.65 bits per heavy atom. The highest BCUT2D eigenvalue weighted by Crippen LogP contribution is 2.31. The minimum Gasteiger partial charge on any atom is -0.388 e. The van der Waals surface area contributed by atoms with Gasteiger partial charge in [0.15, 0.2) is 0 Å². The van der Waals surface area contributed by atoms with Gasteiger partial charge in [-0.3, -0.25) is 4.79 Å². The monoisotopic (exact) mass is 269 g/mol. The Kier molecular flexibility index (Phi) is 2.67. The van der Waals surface area contributed by atoms with Crippen LogP contribution in [-0.2, 0) is 0 Å². The van der Waals surface area contributed by atoms with Gasteiger partial charge in [-0.1, -0.05) is 0 Å². The van der Waals surface area contributed by atoms with Crippen molar-refractivity contribution in [3.8, 4) is 0 Å². The first-order valence-electron chi connectivity index (χ1n) is 5.27. The third-order valence-corrected chi connectivity index (χ3v) is 4.98. The van der Waals surface area contributed by atoms with Gasteiger partial charge in [0.25, 0.3) is 5.91 Å². The molecule has 0 bridgehead atoms. The predicted molar refractivity (Wildman–Crippen MR) is 67.6 cm³/mol. The van der Waals surface area contributed by atoms with E-state index in [0.29, 0.717) is 4.88 Å². The van der Waals surface area contributed by atoms with E-state index in [-0.39, 0.29) is 19.0 Å². The number of fused-ring (bicyclic) bond motifs is 1. The minimum atomic E-state index is -0.819. The van der Waals surface area contributed by atoms with E-state index in [9.17, 15) is 15.0 Å². The Balaban J connectivity index is 1.85. The molecule has 4 nitrogen and oxygen atoms in total. The van der Waals surface area contributed by atoms with Crippen LogP contribution in [0.1, 0.15) is 9.67 Å². The topological polar surface area (TPSA) is 60.8 Å². The van der Waals surface area contributed by atoms with Crippen molar-refractivity contribution < 1.29 is 15.0 Å². The number of likely N-dealkylation sites (tertiary alicyclic amines) is 1. The van der Waals surface area contributed by atoms with E-state index in [4.69, 9.17) is 0 Å². The molecule has 90 valence electrons. The molecule has 3 rings (SSSR count). The first-order chi connectivity index (χ1) is 8.15. The fourth-order valence-corrected chi connectivity index (χ4v) is 4.04. The predicted octanol–water partition coefficient (Wildman–Crippen LogP) is 1.14. The second kappa shape index (κ2) is 4.06. The molecule has 6 heteroatoms. The van der Waals surface area contributed by atoms with E-state index in [1.807, 2.05) is 17.5 Å². The molecule has 0 spiro atoms. The highest BCUT2D eigenvalue weighted by atomic mass is 32.1. The standard InChI is InChI=1S/C11H11NO3S2/c13-6-4-12(5-7(6)14)11(15)10-3-9-8(17-10)1-2-16-9/h1-3,6-7,13-14H,4-5H2/t6-,7+. The molecular weight excluding hydrogens is 258 g/mol. The summed E-state index contributed by atoms with van der Waals surface area (Å²) in [6.07, 6.45) is -1.64. The van der Waals surface area contributed by atoms with Crippen molar-refractivity contribution in [2.24, 2.45) is 0 Å². The van der Waals surface area contributed by atoms with Crippen molar-refractivity contribution >= 4 is 38.0 Å². The van der Waals surface area contributed by atoms with Crippen molar-refractivity contribution in [2.45, 2.75) is 12.2 Å². The molecular formula is C11H11NO3S2. The highest BCUT2D eigenvalue weighted by Gasteiger charge is 2.33. The van der Waals surface area contributed by atoms with E-state index in [2.05, 4.69) is 0 Å². The number of nitrogens with zero attached hydrogens (tertiary/aromatic N) is 1. The number of carbonyl (C=O) groups is 1. The van der Waals surface area contributed by atoms with Gasteiger partial charge in [-0.2, -0.15) is 0 Å². The van der Waals surface area contributed by atoms with E-state index < -0.39 is 12.2 Å². The van der Waals surface area contributed by atoms with E-state index in [0.717, 1.165) is 9.40 Å². The lowest BCUT2D eigenvalue weighted by atomic mass is 10.3. The maximum Gasteiger partial charge on any atom is 0.264 e. The number of aliphatic hydroxyl groups excluding tert-OH is 2. The largest absolute Gasteiger partial charge is 0.388 e. The van der Waals surface area contributed by atoms with E-state index >= 15 is 0 Å². The van der Waals surface area contributed by atoms with Crippen LogP contribution in [0.4, 0.5) is 0 Å². The number of hydrogen-bond acceptors (Lipinski definition) is 5. The number of aliphatic hydroxyl groups is 2. The molecule has 3 heterocycles. The van der Waals surface area contributed by atoms with Gasteiger partial charge in [0.2, 0.25) is 0 Å². The van der Waals surface area contributed by atoms with Gasteiger partial charge in [-0.15, -0.1) is 22.7 Å². The maximum atomic E-state index is 12.1.